The first-order chi connectivity index (χ1) is 4.54. The molecule has 60 valence electrons. The Balaban J connectivity index is 0. The Kier molecular flexibility index (Phi) is 9.40. The molecule has 0 saturated carbocycles. The third-order valence-electron chi connectivity index (χ3n) is 0.385. The SMILES string of the molecule is CCC(=O)O.FC=C(F)F. The van der Waals surface area contributed by atoms with Crippen LogP contribution in [-0.2, 0) is 4.79 Å². The molecule has 0 aromatic heterocycles. The summed E-state index contributed by atoms with van der Waals surface area (Å²) in [6.07, 6.45) is -2.81. The molecule has 0 bridgehead atoms. The van der Waals surface area contributed by atoms with Crippen LogP contribution in [0.4, 0.5) is 13.2 Å². The molecular weight excluding hydrogens is 149 g/mol. The molecule has 0 rings (SSSR count). The van der Waals surface area contributed by atoms with Crippen LogP contribution < -0.4 is 0 Å². The number of hydrogen-bond acceptors (Lipinski definition) is 1. The highest BCUT2D eigenvalue weighted by atomic mass is 19.3. The van der Waals surface area contributed by atoms with Crippen molar-refractivity contribution in [2.24, 2.45) is 0 Å². The van der Waals surface area contributed by atoms with E-state index in [1.54, 1.807) is 6.92 Å². The van der Waals surface area contributed by atoms with E-state index >= 15 is 0 Å². The summed E-state index contributed by atoms with van der Waals surface area (Å²) in [4.78, 5) is 9.37. The van der Waals surface area contributed by atoms with Crippen LogP contribution in [0.1, 0.15) is 13.3 Å². The van der Waals surface area contributed by atoms with Crippen molar-refractivity contribution < 1.29 is 23.1 Å². The lowest BCUT2D eigenvalue weighted by Gasteiger charge is -1.71. The van der Waals surface area contributed by atoms with Crippen LogP contribution in [-0.4, -0.2) is 11.1 Å². The van der Waals surface area contributed by atoms with E-state index in [0.29, 0.717) is 0 Å². The van der Waals surface area contributed by atoms with Gasteiger partial charge in [-0.2, -0.15) is 8.78 Å². The predicted molar refractivity (Wildman–Crippen MR) is 29.3 cm³/mol. The van der Waals surface area contributed by atoms with E-state index in [-0.39, 0.29) is 6.42 Å². The fourth-order valence-corrected chi connectivity index (χ4v) is 0. The zero-order chi connectivity index (χ0) is 8.57. The molecule has 0 radical (unpaired) electrons. The van der Waals surface area contributed by atoms with Gasteiger partial charge in [0.15, 0.2) is 6.33 Å². The number of carboxylic acid groups (broad SMARTS) is 1. The zero-order valence-electron chi connectivity index (χ0n) is 5.27. The van der Waals surface area contributed by atoms with E-state index < -0.39 is 18.4 Å². The lowest BCUT2D eigenvalue weighted by molar-refractivity contribution is -0.136. The van der Waals surface area contributed by atoms with Crippen LogP contribution in [0.15, 0.2) is 12.4 Å². The second kappa shape index (κ2) is 8.00. The minimum atomic E-state index is -2.29. The molecule has 0 aromatic rings. The average molecular weight is 156 g/mol. The van der Waals surface area contributed by atoms with Gasteiger partial charge in [-0.15, -0.1) is 0 Å². The summed E-state index contributed by atoms with van der Waals surface area (Å²) in [6, 6.07) is 0. The molecule has 10 heavy (non-hydrogen) atoms. The normalized spacial score (nSPS) is 7.20. The van der Waals surface area contributed by atoms with Crippen molar-refractivity contribution in [3.63, 3.8) is 0 Å². The molecule has 0 atom stereocenters. The first-order valence-corrected chi connectivity index (χ1v) is 2.37. The Morgan fingerprint density at radius 3 is 1.80 bits per heavy atom. The number of carbonyl (C=O) groups is 1. The smallest absolute Gasteiger partial charge is 0.303 e. The summed E-state index contributed by atoms with van der Waals surface area (Å²) >= 11 is 0. The second-order valence-corrected chi connectivity index (χ2v) is 1.15. The van der Waals surface area contributed by atoms with Crippen LogP contribution in [0.2, 0.25) is 0 Å². The molecule has 0 saturated heterocycles. The lowest BCUT2D eigenvalue weighted by Crippen LogP contribution is -1.86. The second-order valence-electron chi connectivity index (χ2n) is 1.15. The summed E-state index contributed by atoms with van der Waals surface area (Å²) in [5, 5.41) is 7.72. The number of carboxylic acids is 1. The molecule has 0 aliphatic carbocycles. The first kappa shape index (κ1) is 11.8. The summed E-state index contributed by atoms with van der Waals surface area (Å²) in [7, 11) is 0. The Labute approximate surface area is 56.0 Å². The maximum absolute atomic E-state index is 10.2. The Morgan fingerprint density at radius 2 is 1.80 bits per heavy atom. The van der Waals surface area contributed by atoms with Gasteiger partial charge in [0.25, 0.3) is 6.08 Å². The van der Waals surface area contributed by atoms with Crippen molar-refractivity contribution in [3.05, 3.63) is 12.4 Å². The van der Waals surface area contributed by atoms with E-state index in [1.165, 1.54) is 0 Å². The fourth-order valence-electron chi connectivity index (χ4n) is 0. The predicted octanol–water partition coefficient (Wildman–Crippen LogP) is 2.17. The molecule has 5 heteroatoms. The van der Waals surface area contributed by atoms with E-state index in [2.05, 4.69) is 0 Å². The van der Waals surface area contributed by atoms with Gasteiger partial charge in [0.1, 0.15) is 0 Å². The fraction of sp³-hybridized carbons (Fsp3) is 0.400. The Hall–Kier alpha value is -1.00. The van der Waals surface area contributed by atoms with Gasteiger partial charge >= 0.3 is 5.97 Å². The van der Waals surface area contributed by atoms with Crippen molar-refractivity contribution >= 4 is 5.97 Å². The van der Waals surface area contributed by atoms with Gasteiger partial charge in [0.05, 0.1) is 0 Å². The molecule has 0 aromatic carbocycles. The molecule has 2 nitrogen and oxygen atoms in total. The molecule has 0 fully saturated rings. The minimum Gasteiger partial charge on any atom is -0.481 e. The largest absolute Gasteiger partial charge is 0.481 e. The Morgan fingerprint density at radius 1 is 1.60 bits per heavy atom. The van der Waals surface area contributed by atoms with E-state index in [9.17, 15) is 18.0 Å². The maximum atomic E-state index is 10.2. The molecule has 1 N–H and O–H groups in total. The van der Waals surface area contributed by atoms with Crippen molar-refractivity contribution in [2.75, 3.05) is 0 Å². The van der Waals surface area contributed by atoms with Gasteiger partial charge in [-0.25, -0.2) is 4.39 Å². The molecule has 0 unspecified atom stereocenters. The lowest BCUT2D eigenvalue weighted by atomic mass is 10.5. The summed E-state index contributed by atoms with van der Waals surface area (Å²) in [5.41, 5.74) is 0. The maximum Gasteiger partial charge on any atom is 0.303 e. The zero-order valence-corrected chi connectivity index (χ0v) is 5.27. The summed E-state index contributed by atoms with van der Waals surface area (Å²) < 4.78 is 30.7. The monoisotopic (exact) mass is 156 g/mol. The van der Waals surface area contributed by atoms with Crippen molar-refractivity contribution in [1.29, 1.82) is 0 Å². The van der Waals surface area contributed by atoms with E-state index in [4.69, 9.17) is 5.11 Å². The van der Waals surface area contributed by atoms with Crippen LogP contribution >= 0.6 is 0 Å². The molecular formula is C5H7F3O2. The highest BCUT2D eigenvalue weighted by Gasteiger charge is 1.80. The van der Waals surface area contributed by atoms with Gasteiger partial charge in [-0.1, -0.05) is 6.92 Å². The minimum absolute atomic E-state index is 0.222. The number of halogens is 3. The molecule has 0 heterocycles. The number of rotatable bonds is 1. The van der Waals surface area contributed by atoms with Crippen molar-refractivity contribution in [2.45, 2.75) is 13.3 Å². The number of aliphatic carboxylic acids is 1. The molecule has 0 aliphatic heterocycles. The topological polar surface area (TPSA) is 37.3 Å². The van der Waals surface area contributed by atoms with Gasteiger partial charge in [-0.3, -0.25) is 4.79 Å². The highest BCUT2D eigenvalue weighted by Crippen LogP contribution is 1.93. The molecule has 0 amide bonds. The van der Waals surface area contributed by atoms with Gasteiger partial charge in [0.2, 0.25) is 0 Å². The van der Waals surface area contributed by atoms with E-state index in [1.807, 2.05) is 0 Å². The molecule has 0 aliphatic rings. The standard InChI is InChI=1S/C3H6O2.C2HF3/c1-2-3(4)5;3-1-2(4)5/h2H2,1H3,(H,4,5);1H. The van der Waals surface area contributed by atoms with Crippen LogP contribution in [0.3, 0.4) is 0 Å². The van der Waals surface area contributed by atoms with Crippen LogP contribution in [0.25, 0.3) is 0 Å². The van der Waals surface area contributed by atoms with Gasteiger partial charge in [-0.05, 0) is 0 Å². The summed E-state index contributed by atoms with van der Waals surface area (Å²) in [6.45, 7) is 1.60. The quantitative estimate of drug-likeness (QED) is 0.631. The third kappa shape index (κ3) is 28.0. The van der Waals surface area contributed by atoms with Gasteiger partial charge < -0.3 is 5.11 Å². The van der Waals surface area contributed by atoms with Crippen LogP contribution in [0.5, 0.6) is 0 Å². The highest BCUT2D eigenvalue weighted by molar-refractivity contribution is 5.66. The molecule has 0 spiro atoms. The summed E-state index contributed by atoms with van der Waals surface area (Å²) in [5.74, 6) is -0.745. The third-order valence-corrected chi connectivity index (χ3v) is 0.385. The van der Waals surface area contributed by atoms with E-state index in [0.717, 1.165) is 0 Å². The van der Waals surface area contributed by atoms with Crippen molar-refractivity contribution in [1.82, 2.24) is 0 Å². The average Bonchev–Trinajstić information content (AvgIpc) is 1.89. The number of hydrogen-bond donors (Lipinski definition) is 1. The van der Waals surface area contributed by atoms with Crippen LogP contribution in [0, 0.1) is 0 Å². The van der Waals surface area contributed by atoms with Gasteiger partial charge in [0, 0.05) is 6.42 Å². The Bertz CT molecular complexity index is 118. The van der Waals surface area contributed by atoms with Crippen molar-refractivity contribution in [3.8, 4) is 0 Å². The first-order valence-electron chi connectivity index (χ1n) is 2.37.